The quantitative estimate of drug-likeness (QED) is 0.684. The van der Waals surface area contributed by atoms with E-state index in [1.807, 2.05) is 12.1 Å². The number of nitrogen functional groups attached to an aromatic ring is 1. The SMILES string of the molecule is Nc1nccc2sc(Cl)cc12. The summed E-state index contributed by atoms with van der Waals surface area (Å²) in [5.41, 5.74) is 5.61. The minimum absolute atomic E-state index is 0.547. The van der Waals surface area contributed by atoms with Gasteiger partial charge in [-0.1, -0.05) is 11.6 Å². The van der Waals surface area contributed by atoms with Gasteiger partial charge < -0.3 is 5.73 Å². The third-order valence-electron chi connectivity index (χ3n) is 1.45. The lowest BCUT2D eigenvalue weighted by atomic mass is 10.3. The van der Waals surface area contributed by atoms with Crippen LogP contribution in [-0.4, -0.2) is 4.98 Å². The number of thiophene rings is 1. The predicted molar refractivity (Wildman–Crippen MR) is 49.0 cm³/mol. The summed E-state index contributed by atoms with van der Waals surface area (Å²) in [5, 5.41) is 0.947. The zero-order valence-electron chi connectivity index (χ0n) is 5.54. The summed E-state index contributed by atoms with van der Waals surface area (Å²) in [6.45, 7) is 0. The molecule has 2 aromatic heterocycles. The maximum Gasteiger partial charge on any atom is 0.132 e. The highest BCUT2D eigenvalue weighted by Gasteiger charge is 2.01. The molecule has 2 N–H and O–H groups in total. The van der Waals surface area contributed by atoms with Crippen molar-refractivity contribution in [2.24, 2.45) is 0 Å². The first-order valence-electron chi connectivity index (χ1n) is 3.07. The molecule has 4 heteroatoms. The molecule has 0 saturated heterocycles. The number of nitrogens with two attached hydrogens (primary N) is 1. The van der Waals surface area contributed by atoms with Gasteiger partial charge in [0.15, 0.2) is 0 Å². The standard InChI is InChI=1S/C7H5ClN2S/c8-6-3-4-5(11-6)1-2-10-7(4)9/h1-3H,(H2,9,10). The Balaban J connectivity index is 2.90. The number of nitrogens with zero attached hydrogens (tertiary/aromatic N) is 1. The third-order valence-corrected chi connectivity index (χ3v) is 2.68. The second-order valence-electron chi connectivity index (χ2n) is 2.16. The molecule has 11 heavy (non-hydrogen) atoms. The van der Waals surface area contributed by atoms with Crippen LogP contribution < -0.4 is 5.73 Å². The Morgan fingerprint density at radius 2 is 2.36 bits per heavy atom. The summed E-state index contributed by atoms with van der Waals surface area (Å²) in [6.07, 6.45) is 1.69. The van der Waals surface area contributed by atoms with Crippen molar-refractivity contribution >= 4 is 38.8 Å². The van der Waals surface area contributed by atoms with Crippen molar-refractivity contribution < 1.29 is 0 Å². The molecule has 0 saturated carbocycles. The highest BCUT2D eigenvalue weighted by atomic mass is 35.5. The average Bonchev–Trinajstić information content (AvgIpc) is 2.31. The highest BCUT2D eigenvalue weighted by molar-refractivity contribution is 7.22. The van der Waals surface area contributed by atoms with E-state index in [0.717, 1.165) is 14.4 Å². The van der Waals surface area contributed by atoms with Gasteiger partial charge in [0.2, 0.25) is 0 Å². The normalized spacial score (nSPS) is 10.6. The van der Waals surface area contributed by atoms with Gasteiger partial charge in [-0.25, -0.2) is 4.98 Å². The van der Waals surface area contributed by atoms with Gasteiger partial charge in [0, 0.05) is 16.3 Å². The van der Waals surface area contributed by atoms with Crippen molar-refractivity contribution in [3.8, 4) is 0 Å². The van der Waals surface area contributed by atoms with Gasteiger partial charge in [-0.15, -0.1) is 11.3 Å². The second kappa shape index (κ2) is 2.36. The first-order valence-corrected chi connectivity index (χ1v) is 4.26. The Labute approximate surface area is 72.6 Å². The molecule has 0 spiro atoms. The lowest BCUT2D eigenvalue weighted by Crippen LogP contribution is -1.87. The van der Waals surface area contributed by atoms with Gasteiger partial charge in [-0.2, -0.15) is 0 Å². The molecular weight excluding hydrogens is 180 g/mol. The maximum atomic E-state index is 5.79. The predicted octanol–water partition coefficient (Wildman–Crippen LogP) is 2.53. The van der Waals surface area contributed by atoms with Crippen molar-refractivity contribution in [3.63, 3.8) is 0 Å². The molecule has 56 valence electrons. The Bertz CT molecular complexity index is 396. The number of pyridine rings is 1. The average molecular weight is 185 g/mol. The molecule has 0 radical (unpaired) electrons. The topological polar surface area (TPSA) is 38.9 Å². The van der Waals surface area contributed by atoms with Gasteiger partial charge in [0.05, 0.1) is 4.34 Å². The summed E-state index contributed by atoms with van der Waals surface area (Å²) in [5.74, 6) is 0.547. The second-order valence-corrected chi connectivity index (χ2v) is 3.87. The Morgan fingerprint density at radius 1 is 1.55 bits per heavy atom. The molecule has 0 unspecified atom stereocenters. The monoisotopic (exact) mass is 184 g/mol. The first-order chi connectivity index (χ1) is 5.27. The number of anilines is 1. The largest absolute Gasteiger partial charge is 0.383 e. The van der Waals surface area contributed by atoms with E-state index < -0.39 is 0 Å². The van der Waals surface area contributed by atoms with Crippen molar-refractivity contribution in [1.82, 2.24) is 4.98 Å². The van der Waals surface area contributed by atoms with E-state index >= 15 is 0 Å². The number of fused-ring (bicyclic) bond motifs is 1. The van der Waals surface area contributed by atoms with Crippen molar-refractivity contribution in [1.29, 1.82) is 0 Å². The van der Waals surface area contributed by atoms with Crippen LogP contribution in [0.2, 0.25) is 4.34 Å². The zero-order valence-corrected chi connectivity index (χ0v) is 7.12. The fraction of sp³-hybridized carbons (Fsp3) is 0. The van der Waals surface area contributed by atoms with E-state index in [1.54, 1.807) is 6.20 Å². The van der Waals surface area contributed by atoms with Crippen LogP contribution in [0.4, 0.5) is 5.82 Å². The van der Waals surface area contributed by atoms with E-state index in [1.165, 1.54) is 11.3 Å². The van der Waals surface area contributed by atoms with Crippen LogP contribution in [0.15, 0.2) is 18.3 Å². The fourth-order valence-corrected chi connectivity index (χ4v) is 2.10. The molecule has 2 nitrogen and oxygen atoms in total. The minimum atomic E-state index is 0.547. The minimum Gasteiger partial charge on any atom is -0.383 e. The molecule has 0 bridgehead atoms. The Kier molecular flexibility index (Phi) is 1.47. The first kappa shape index (κ1) is 6.88. The van der Waals surface area contributed by atoms with Gasteiger partial charge in [-0.05, 0) is 12.1 Å². The van der Waals surface area contributed by atoms with E-state index in [9.17, 15) is 0 Å². The third kappa shape index (κ3) is 1.06. The van der Waals surface area contributed by atoms with Gasteiger partial charge in [0.25, 0.3) is 0 Å². The molecule has 2 aromatic rings. The van der Waals surface area contributed by atoms with Crippen molar-refractivity contribution in [2.45, 2.75) is 0 Å². The smallest absolute Gasteiger partial charge is 0.132 e. The summed E-state index contributed by atoms with van der Waals surface area (Å²) >= 11 is 7.30. The van der Waals surface area contributed by atoms with E-state index in [-0.39, 0.29) is 0 Å². The van der Waals surface area contributed by atoms with Crippen LogP contribution in [-0.2, 0) is 0 Å². The van der Waals surface area contributed by atoms with Crippen LogP contribution in [0.1, 0.15) is 0 Å². The van der Waals surface area contributed by atoms with E-state index in [4.69, 9.17) is 17.3 Å². The van der Waals surface area contributed by atoms with E-state index in [2.05, 4.69) is 4.98 Å². The van der Waals surface area contributed by atoms with Gasteiger partial charge in [-0.3, -0.25) is 0 Å². The molecule has 2 rings (SSSR count). The van der Waals surface area contributed by atoms with E-state index in [0.29, 0.717) is 5.82 Å². The van der Waals surface area contributed by atoms with Crippen molar-refractivity contribution in [2.75, 3.05) is 5.73 Å². The molecule has 0 aromatic carbocycles. The molecule has 0 aliphatic rings. The highest BCUT2D eigenvalue weighted by Crippen LogP contribution is 2.31. The lowest BCUT2D eigenvalue weighted by Gasteiger charge is -1.90. The lowest BCUT2D eigenvalue weighted by molar-refractivity contribution is 1.38. The Hall–Kier alpha value is -0.800. The zero-order chi connectivity index (χ0) is 7.84. The molecule has 0 aliphatic carbocycles. The molecule has 0 aliphatic heterocycles. The number of hydrogen-bond donors (Lipinski definition) is 1. The van der Waals surface area contributed by atoms with Gasteiger partial charge >= 0.3 is 0 Å². The van der Waals surface area contributed by atoms with Crippen LogP contribution in [0.25, 0.3) is 10.1 Å². The number of halogens is 1. The summed E-state index contributed by atoms with van der Waals surface area (Å²) < 4.78 is 1.84. The van der Waals surface area contributed by atoms with Gasteiger partial charge in [0.1, 0.15) is 5.82 Å². The van der Waals surface area contributed by atoms with Crippen LogP contribution in [0, 0.1) is 0 Å². The summed E-state index contributed by atoms with van der Waals surface area (Å²) in [7, 11) is 0. The molecule has 0 atom stereocenters. The molecule has 0 fully saturated rings. The molecule has 2 heterocycles. The van der Waals surface area contributed by atoms with Crippen molar-refractivity contribution in [3.05, 3.63) is 22.7 Å². The number of aromatic nitrogens is 1. The number of hydrogen-bond acceptors (Lipinski definition) is 3. The fourth-order valence-electron chi connectivity index (χ4n) is 0.953. The maximum absolute atomic E-state index is 5.79. The van der Waals surface area contributed by atoms with Crippen LogP contribution in [0.5, 0.6) is 0 Å². The van der Waals surface area contributed by atoms with Crippen LogP contribution in [0.3, 0.4) is 0 Å². The number of rotatable bonds is 0. The molecular formula is C7H5ClN2S. The van der Waals surface area contributed by atoms with Crippen LogP contribution >= 0.6 is 22.9 Å². The summed E-state index contributed by atoms with van der Waals surface area (Å²) in [6, 6.07) is 3.74. The molecule has 0 amide bonds. The Morgan fingerprint density at radius 3 is 3.09 bits per heavy atom. The summed E-state index contributed by atoms with van der Waals surface area (Å²) in [4.78, 5) is 3.95.